The van der Waals surface area contributed by atoms with E-state index in [-0.39, 0.29) is 11.9 Å². The maximum absolute atomic E-state index is 12.1. The Bertz CT molecular complexity index is 423. The molecule has 0 spiro atoms. The van der Waals surface area contributed by atoms with E-state index in [0.29, 0.717) is 37.6 Å². The maximum atomic E-state index is 12.1. The smallest absolute Gasteiger partial charge is 0.226 e. The van der Waals surface area contributed by atoms with Crippen molar-refractivity contribution in [2.24, 2.45) is 0 Å². The number of carbonyl (C=O) groups excluding carboxylic acids is 1. The van der Waals surface area contributed by atoms with E-state index in [9.17, 15) is 4.79 Å². The number of nitrogen functional groups attached to an aromatic ring is 1. The Kier molecular flexibility index (Phi) is 6.87. The van der Waals surface area contributed by atoms with Crippen molar-refractivity contribution in [2.45, 2.75) is 26.3 Å². The molecule has 1 aromatic rings. The van der Waals surface area contributed by atoms with Crippen LogP contribution in [0.5, 0.6) is 5.75 Å². The molecule has 1 atom stereocenters. The molecule has 0 radical (unpaired) electrons. The van der Waals surface area contributed by atoms with Crippen molar-refractivity contribution < 1.29 is 14.3 Å². The Morgan fingerprint density at radius 3 is 2.70 bits per heavy atom. The van der Waals surface area contributed by atoms with Gasteiger partial charge in [-0.3, -0.25) is 4.79 Å². The van der Waals surface area contributed by atoms with Crippen LogP contribution in [0, 0.1) is 0 Å². The minimum atomic E-state index is 0.0616. The van der Waals surface area contributed by atoms with E-state index in [1.807, 2.05) is 26.0 Å². The van der Waals surface area contributed by atoms with Gasteiger partial charge in [0.05, 0.1) is 31.4 Å². The average molecular weight is 280 g/mol. The second-order valence-corrected chi connectivity index (χ2v) is 4.62. The van der Waals surface area contributed by atoms with Gasteiger partial charge in [0.1, 0.15) is 5.75 Å². The van der Waals surface area contributed by atoms with Crippen LogP contribution < -0.4 is 10.5 Å². The molecule has 0 bridgehead atoms. The molecule has 1 amide bonds. The fourth-order valence-electron chi connectivity index (χ4n) is 2.07. The van der Waals surface area contributed by atoms with Gasteiger partial charge in [-0.1, -0.05) is 12.1 Å². The largest absolute Gasteiger partial charge is 0.491 e. The topological polar surface area (TPSA) is 64.8 Å². The number of hydrogen-bond donors (Lipinski definition) is 1. The van der Waals surface area contributed by atoms with Crippen LogP contribution in [0.25, 0.3) is 0 Å². The molecule has 1 unspecified atom stereocenters. The number of ether oxygens (including phenoxy) is 2. The first kappa shape index (κ1) is 16.3. The van der Waals surface area contributed by atoms with Crippen molar-refractivity contribution in [1.82, 2.24) is 4.90 Å². The first-order valence-electron chi connectivity index (χ1n) is 6.85. The van der Waals surface area contributed by atoms with Crippen molar-refractivity contribution in [2.75, 3.05) is 32.6 Å². The summed E-state index contributed by atoms with van der Waals surface area (Å²) in [5.74, 6) is 0.680. The quantitative estimate of drug-likeness (QED) is 0.739. The highest BCUT2D eigenvalue weighted by atomic mass is 16.5. The molecule has 1 aromatic carbocycles. The third-order valence-corrected chi connectivity index (χ3v) is 3.09. The molecule has 5 nitrogen and oxygen atoms in total. The molecule has 1 rings (SSSR count). The van der Waals surface area contributed by atoms with Gasteiger partial charge in [-0.15, -0.1) is 0 Å². The lowest BCUT2D eigenvalue weighted by atomic mass is 10.2. The minimum absolute atomic E-state index is 0.0616. The predicted octanol–water partition coefficient (Wildman–Crippen LogP) is 1.92. The first-order chi connectivity index (χ1) is 9.60. The van der Waals surface area contributed by atoms with Crippen LogP contribution in [-0.4, -0.2) is 43.7 Å². The number of amides is 1. The molecule has 0 aromatic heterocycles. The number of nitrogens with zero attached hydrogens (tertiary/aromatic N) is 1. The van der Waals surface area contributed by atoms with E-state index in [1.165, 1.54) is 0 Å². The molecule has 0 aliphatic heterocycles. The van der Waals surface area contributed by atoms with Gasteiger partial charge < -0.3 is 20.1 Å². The third kappa shape index (κ3) is 4.74. The van der Waals surface area contributed by atoms with Crippen LogP contribution in [0.3, 0.4) is 0 Å². The van der Waals surface area contributed by atoms with Crippen LogP contribution in [-0.2, 0) is 9.53 Å². The molecular weight excluding hydrogens is 256 g/mol. The summed E-state index contributed by atoms with van der Waals surface area (Å²) in [5, 5.41) is 0. The lowest BCUT2D eigenvalue weighted by Crippen LogP contribution is -2.41. The van der Waals surface area contributed by atoms with Crippen molar-refractivity contribution in [3.63, 3.8) is 0 Å². The zero-order chi connectivity index (χ0) is 15.0. The lowest BCUT2D eigenvalue weighted by molar-refractivity contribution is -0.134. The van der Waals surface area contributed by atoms with Gasteiger partial charge in [0, 0.05) is 13.7 Å². The fraction of sp³-hybridized carbons (Fsp3) is 0.533. The Morgan fingerprint density at radius 1 is 1.40 bits per heavy atom. The second-order valence-electron chi connectivity index (χ2n) is 4.62. The summed E-state index contributed by atoms with van der Waals surface area (Å²) in [4.78, 5) is 13.9. The summed E-state index contributed by atoms with van der Waals surface area (Å²) in [6.07, 6.45) is 0.330. The summed E-state index contributed by atoms with van der Waals surface area (Å²) in [6.45, 7) is 5.45. The van der Waals surface area contributed by atoms with Crippen LogP contribution >= 0.6 is 0 Å². The van der Waals surface area contributed by atoms with Gasteiger partial charge in [-0.05, 0) is 26.0 Å². The van der Waals surface area contributed by atoms with E-state index >= 15 is 0 Å². The summed E-state index contributed by atoms with van der Waals surface area (Å²) in [6, 6.07) is 7.34. The number of rotatable bonds is 8. The van der Waals surface area contributed by atoms with Gasteiger partial charge >= 0.3 is 0 Å². The molecule has 5 heteroatoms. The number of benzene rings is 1. The van der Waals surface area contributed by atoms with E-state index in [4.69, 9.17) is 15.2 Å². The third-order valence-electron chi connectivity index (χ3n) is 3.09. The highest BCUT2D eigenvalue weighted by Gasteiger charge is 2.18. The van der Waals surface area contributed by atoms with E-state index < -0.39 is 0 Å². The monoisotopic (exact) mass is 280 g/mol. The number of nitrogens with two attached hydrogens (primary N) is 1. The number of carbonyl (C=O) groups is 1. The number of hydrogen-bond acceptors (Lipinski definition) is 4. The number of anilines is 1. The summed E-state index contributed by atoms with van der Waals surface area (Å²) < 4.78 is 10.6. The van der Waals surface area contributed by atoms with Crippen LogP contribution in [0.15, 0.2) is 24.3 Å². The van der Waals surface area contributed by atoms with E-state index in [0.717, 1.165) is 0 Å². The molecule has 0 saturated carbocycles. The lowest BCUT2D eigenvalue weighted by Gasteiger charge is -2.27. The molecule has 0 aliphatic rings. The van der Waals surface area contributed by atoms with E-state index in [1.54, 1.807) is 24.1 Å². The molecule has 20 heavy (non-hydrogen) atoms. The Hall–Kier alpha value is -1.75. The number of methoxy groups -OCH3 is 1. The SMILES string of the molecule is CCN(C(=O)CCOc1ccccc1N)C(C)COC. The zero-order valence-electron chi connectivity index (χ0n) is 12.5. The van der Waals surface area contributed by atoms with Crippen molar-refractivity contribution in [3.8, 4) is 5.75 Å². The first-order valence-corrected chi connectivity index (χ1v) is 6.85. The molecule has 0 saturated heterocycles. The van der Waals surface area contributed by atoms with Gasteiger partial charge in [-0.25, -0.2) is 0 Å². The Labute approximate surface area is 120 Å². The van der Waals surface area contributed by atoms with Crippen molar-refractivity contribution in [3.05, 3.63) is 24.3 Å². The standard InChI is InChI=1S/C15H24N2O3/c1-4-17(12(2)11-19-3)15(18)9-10-20-14-8-6-5-7-13(14)16/h5-8,12H,4,9-11,16H2,1-3H3. The number of para-hydroxylation sites is 2. The van der Waals surface area contributed by atoms with Crippen molar-refractivity contribution in [1.29, 1.82) is 0 Å². The second kappa shape index (κ2) is 8.43. The molecule has 0 aliphatic carbocycles. The Balaban J connectivity index is 2.44. The highest BCUT2D eigenvalue weighted by Crippen LogP contribution is 2.19. The van der Waals surface area contributed by atoms with Crippen LogP contribution in [0.1, 0.15) is 20.3 Å². The molecule has 112 valence electrons. The summed E-state index contributed by atoms with van der Waals surface area (Å²) in [7, 11) is 1.64. The molecule has 2 N–H and O–H groups in total. The van der Waals surface area contributed by atoms with Gasteiger partial charge in [0.2, 0.25) is 5.91 Å². The normalized spacial score (nSPS) is 11.9. The number of likely N-dealkylation sites (N-methyl/N-ethyl adjacent to an activating group) is 1. The average Bonchev–Trinajstić information content (AvgIpc) is 2.42. The summed E-state index contributed by atoms with van der Waals surface area (Å²) in [5.41, 5.74) is 6.36. The summed E-state index contributed by atoms with van der Waals surface area (Å²) >= 11 is 0. The highest BCUT2D eigenvalue weighted by molar-refractivity contribution is 5.76. The van der Waals surface area contributed by atoms with Crippen molar-refractivity contribution >= 4 is 11.6 Å². The van der Waals surface area contributed by atoms with Crippen LogP contribution in [0.2, 0.25) is 0 Å². The van der Waals surface area contributed by atoms with Gasteiger partial charge in [-0.2, -0.15) is 0 Å². The Morgan fingerprint density at radius 2 is 2.10 bits per heavy atom. The van der Waals surface area contributed by atoms with Gasteiger partial charge in [0.15, 0.2) is 0 Å². The van der Waals surface area contributed by atoms with Gasteiger partial charge in [0.25, 0.3) is 0 Å². The minimum Gasteiger partial charge on any atom is -0.491 e. The fourth-order valence-corrected chi connectivity index (χ4v) is 2.07. The maximum Gasteiger partial charge on any atom is 0.226 e. The molecule has 0 heterocycles. The predicted molar refractivity (Wildman–Crippen MR) is 79.7 cm³/mol. The van der Waals surface area contributed by atoms with Crippen LogP contribution in [0.4, 0.5) is 5.69 Å². The molecular formula is C15H24N2O3. The molecule has 0 fully saturated rings. The zero-order valence-corrected chi connectivity index (χ0v) is 12.5. The van der Waals surface area contributed by atoms with E-state index in [2.05, 4.69) is 0 Å².